The summed E-state index contributed by atoms with van der Waals surface area (Å²) in [6, 6.07) is 11.5. The van der Waals surface area contributed by atoms with Gasteiger partial charge >= 0.3 is 0 Å². The van der Waals surface area contributed by atoms with Crippen molar-refractivity contribution in [3.8, 4) is 0 Å². The largest absolute Gasteiger partial charge is 0.320 e. The van der Waals surface area contributed by atoms with Gasteiger partial charge in [-0.2, -0.15) is 0 Å². The molecule has 0 bridgehead atoms. The van der Waals surface area contributed by atoms with Crippen LogP contribution in [0.15, 0.2) is 42.5 Å². The van der Waals surface area contributed by atoms with E-state index >= 15 is 0 Å². The van der Waals surface area contributed by atoms with Crippen molar-refractivity contribution in [3.05, 3.63) is 70.0 Å². The van der Waals surface area contributed by atoms with Crippen molar-refractivity contribution in [1.29, 1.82) is 0 Å². The molecule has 88 valence electrons. The van der Waals surface area contributed by atoms with Crippen LogP contribution in [0.1, 0.15) is 22.7 Å². The Kier molecular flexibility index (Phi) is 3.46. The van der Waals surface area contributed by atoms with E-state index in [0.29, 0.717) is 5.02 Å². The van der Waals surface area contributed by atoms with E-state index in [1.54, 1.807) is 12.1 Å². The first-order chi connectivity index (χ1) is 8.08. The zero-order chi connectivity index (χ0) is 12.4. The van der Waals surface area contributed by atoms with Crippen LogP contribution in [0.2, 0.25) is 5.02 Å². The third-order valence-corrected chi connectivity index (χ3v) is 3.03. The monoisotopic (exact) mass is 249 g/mol. The smallest absolute Gasteiger partial charge is 0.123 e. The molecule has 0 aliphatic carbocycles. The minimum atomic E-state index is -0.404. The predicted octanol–water partition coefficient (Wildman–Crippen LogP) is 3.84. The molecule has 2 rings (SSSR count). The summed E-state index contributed by atoms with van der Waals surface area (Å²) in [5.74, 6) is -0.291. The van der Waals surface area contributed by atoms with Crippen LogP contribution in [0, 0.1) is 12.7 Å². The van der Waals surface area contributed by atoms with Gasteiger partial charge in [-0.05, 0) is 41.8 Å². The van der Waals surface area contributed by atoms with E-state index in [9.17, 15) is 4.39 Å². The van der Waals surface area contributed by atoms with Crippen molar-refractivity contribution in [2.75, 3.05) is 0 Å². The average molecular weight is 250 g/mol. The second-order valence-corrected chi connectivity index (χ2v) is 4.46. The van der Waals surface area contributed by atoms with Crippen molar-refractivity contribution in [3.63, 3.8) is 0 Å². The fourth-order valence-electron chi connectivity index (χ4n) is 1.76. The Bertz CT molecular complexity index is 539. The lowest BCUT2D eigenvalue weighted by atomic mass is 9.98. The molecule has 2 aromatic carbocycles. The molecule has 1 atom stereocenters. The molecule has 17 heavy (non-hydrogen) atoms. The van der Waals surface area contributed by atoms with E-state index in [2.05, 4.69) is 0 Å². The summed E-state index contributed by atoms with van der Waals surface area (Å²) < 4.78 is 13.1. The zero-order valence-corrected chi connectivity index (χ0v) is 10.2. The third kappa shape index (κ3) is 2.65. The van der Waals surface area contributed by atoms with Gasteiger partial charge in [-0.1, -0.05) is 35.9 Å². The van der Waals surface area contributed by atoms with E-state index in [1.165, 1.54) is 12.1 Å². The Morgan fingerprint density at radius 1 is 1.18 bits per heavy atom. The molecule has 0 fully saturated rings. The van der Waals surface area contributed by atoms with Gasteiger partial charge in [0.05, 0.1) is 6.04 Å². The van der Waals surface area contributed by atoms with Crippen molar-refractivity contribution in [2.45, 2.75) is 13.0 Å². The Morgan fingerprint density at radius 2 is 1.94 bits per heavy atom. The maximum Gasteiger partial charge on any atom is 0.123 e. The first-order valence-electron chi connectivity index (χ1n) is 5.35. The maximum atomic E-state index is 13.1. The molecule has 0 amide bonds. The Labute approximate surface area is 105 Å². The maximum absolute atomic E-state index is 13.1. The minimum absolute atomic E-state index is 0.291. The molecule has 0 heterocycles. The number of aryl methyl sites for hydroxylation is 1. The quantitative estimate of drug-likeness (QED) is 0.860. The van der Waals surface area contributed by atoms with E-state index in [1.807, 2.05) is 25.1 Å². The molecule has 0 saturated heterocycles. The number of hydrogen-bond donors (Lipinski definition) is 1. The summed E-state index contributed by atoms with van der Waals surface area (Å²) >= 11 is 6.14. The highest BCUT2D eigenvalue weighted by molar-refractivity contribution is 6.31. The molecular weight excluding hydrogens is 237 g/mol. The van der Waals surface area contributed by atoms with Crippen molar-refractivity contribution in [2.24, 2.45) is 5.73 Å². The second kappa shape index (κ2) is 4.86. The van der Waals surface area contributed by atoms with Crippen LogP contribution < -0.4 is 5.73 Å². The van der Waals surface area contributed by atoms with E-state index in [-0.39, 0.29) is 5.82 Å². The van der Waals surface area contributed by atoms with Crippen LogP contribution in [0.25, 0.3) is 0 Å². The first-order valence-corrected chi connectivity index (χ1v) is 5.73. The van der Waals surface area contributed by atoms with Gasteiger partial charge in [-0.15, -0.1) is 0 Å². The van der Waals surface area contributed by atoms with Gasteiger partial charge in [0, 0.05) is 5.02 Å². The molecule has 0 saturated carbocycles. The molecule has 3 heteroatoms. The topological polar surface area (TPSA) is 26.0 Å². The average Bonchev–Trinajstić information content (AvgIpc) is 2.28. The minimum Gasteiger partial charge on any atom is -0.320 e. The van der Waals surface area contributed by atoms with Crippen LogP contribution >= 0.6 is 11.6 Å². The highest BCUT2D eigenvalue weighted by Gasteiger charge is 2.12. The van der Waals surface area contributed by atoms with Gasteiger partial charge < -0.3 is 5.73 Å². The molecule has 0 radical (unpaired) electrons. The lowest BCUT2D eigenvalue weighted by Crippen LogP contribution is -2.12. The van der Waals surface area contributed by atoms with Crippen LogP contribution in [0.5, 0.6) is 0 Å². The third-order valence-electron chi connectivity index (χ3n) is 2.70. The van der Waals surface area contributed by atoms with E-state index < -0.39 is 6.04 Å². The zero-order valence-electron chi connectivity index (χ0n) is 9.45. The summed E-state index contributed by atoms with van der Waals surface area (Å²) in [5, 5.41) is 0.613. The lowest BCUT2D eigenvalue weighted by Gasteiger charge is -2.14. The molecular formula is C14H13ClFN. The summed E-state index contributed by atoms with van der Waals surface area (Å²) in [5.41, 5.74) is 8.69. The fraction of sp³-hybridized carbons (Fsp3) is 0.143. The number of hydrogen-bond acceptors (Lipinski definition) is 1. The summed E-state index contributed by atoms with van der Waals surface area (Å²) in [6.45, 7) is 1.96. The molecule has 0 aliphatic rings. The molecule has 0 aromatic heterocycles. The molecule has 0 aliphatic heterocycles. The number of benzene rings is 2. The molecule has 2 N–H and O–H groups in total. The summed E-state index contributed by atoms with van der Waals surface area (Å²) in [4.78, 5) is 0. The number of nitrogens with two attached hydrogens (primary N) is 1. The standard InChI is InChI=1S/C14H13ClFN/c1-9-5-6-12(13(15)7-9)14(17)10-3-2-4-11(16)8-10/h2-8,14H,17H2,1H3. The van der Waals surface area contributed by atoms with Crippen molar-refractivity contribution in [1.82, 2.24) is 0 Å². The molecule has 2 aromatic rings. The van der Waals surface area contributed by atoms with Gasteiger partial charge in [0.2, 0.25) is 0 Å². The van der Waals surface area contributed by atoms with Crippen molar-refractivity contribution < 1.29 is 4.39 Å². The molecule has 1 unspecified atom stereocenters. The highest BCUT2D eigenvalue weighted by Crippen LogP contribution is 2.27. The predicted molar refractivity (Wildman–Crippen MR) is 68.6 cm³/mol. The number of rotatable bonds is 2. The van der Waals surface area contributed by atoms with Gasteiger partial charge in [0.15, 0.2) is 0 Å². The summed E-state index contributed by atoms with van der Waals surface area (Å²) in [7, 11) is 0. The molecule has 0 spiro atoms. The van der Waals surface area contributed by atoms with E-state index in [4.69, 9.17) is 17.3 Å². The molecule has 1 nitrogen and oxygen atoms in total. The van der Waals surface area contributed by atoms with E-state index in [0.717, 1.165) is 16.7 Å². The van der Waals surface area contributed by atoms with Crippen LogP contribution in [-0.4, -0.2) is 0 Å². The Hall–Kier alpha value is -1.38. The van der Waals surface area contributed by atoms with Gasteiger partial charge in [-0.3, -0.25) is 0 Å². The second-order valence-electron chi connectivity index (χ2n) is 4.06. The normalized spacial score (nSPS) is 12.5. The Morgan fingerprint density at radius 3 is 2.59 bits per heavy atom. The van der Waals surface area contributed by atoms with Crippen LogP contribution in [-0.2, 0) is 0 Å². The van der Waals surface area contributed by atoms with Gasteiger partial charge in [0.25, 0.3) is 0 Å². The SMILES string of the molecule is Cc1ccc(C(N)c2cccc(F)c2)c(Cl)c1. The summed E-state index contributed by atoms with van der Waals surface area (Å²) in [6.07, 6.45) is 0. The van der Waals surface area contributed by atoms with Crippen molar-refractivity contribution >= 4 is 11.6 Å². The lowest BCUT2D eigenvalue weighted by molar-refractivity contribution is 0.623. The van der Waals surface area contributed by atoms with Crippen LogP contribution in [0.3, 0.4) is 0 Å². The van der Waals surface area contributed by atoms with Gasteiger partial charge in [-0.25, -0.2) is 4.39 Å². The first kappa shape index (κ1) is 12.1. The fourth-order valence-corrected chi connectivity index (χ4v) is 2.12. The number of halogens is 2. The van der Waals surface area contributed by atoms with Gasteiger partial charge in [0.1, 0.15) is 5.82 Å². The highest BCUT2D eigenvalue weighted by atomic mass is 35.5. The Balaban J connectivity index is 2.40. The van der Waals surface area contributed by atoms with Crippen LogP contribution in [0.4, 0.5) is 4.39 Å².